The van der Waals surface area contributed by atoms with Crippen LogP contribution in [0.15, 0.2) is 40.9 Å². The average molecular weight is 577 g/mol. The van der Waals surface area contributed by atoms with E-state index in [1.807, 2.05) is 0 Å². The molecule has 1 aliphatic rings. The van der Waals surface area contributed by atoms with Crippen molar-refractivity contribution in [3.05, 3.63) is 68.7 Å². The van der Waals surface area contributed by atoms with Crippen molar-refractivity contribution >= 4 is 45.1 Å². The third-order valence-corrected chi connectivity index (χ3v) is 6.26. The van der Waals surface area contributed by atoms with Gasteiger partial charge in [-0.15, -0.1) is 10.2 Å². The van der Waals surface area contributed by atoms with Crippen LogP contribution in [0.25, 0.3) is 5.69 Å². The summed E-state index contributed by atoms with van der Waals surface area (Å²) >= 11 is 15.4. The number of benzene rings is 2. The second kappa shape index (κ2) is 9.77. The summed E-state index contributed by atoms with van der Waals surface area (Å²) in [5, 5.41) is 3.99. The van der Waals surface area contributed by atoms with Crippen LogP contribution in [0.2, 0.25) is 5.02 Å². The number of hydrogen-bond acceptors (Lipinski definition) is 6. The molecule has 0 N–H and O–H groups in total. The molecule has 2 aromatic carbocycles. The molecule has 1 aromatic heterocycles. The number of methoxy groups -OCH3 is 1. The van der Waals surface area contributed by atoms with E-state index in [9.17, 15) is 13.6 Å². The summed E-state index contributed by atoms with van der Waals surface area (Å²) in [5.74, 6) is -1.02. The maximum atomic E-state index is 14.3. The molecule has 0 amide bonds. The van der Waals surface area contributed by atoms with Crippen molar-refractivity contribution in [2.24, 2.45) is 0 Å². The maximum absolute atomic E-state index is 14.3. The van der Waals surface area contributed by atoms with Crippen molar-refractivity contribution in [1.29, 1.82) is 0 Å². The molecule has 4 rings (SSSR count). The number of halogens is 5. The Morgan fingerprint density at radius 1 is 1.26 bits per heavy atom. The first-order valence-electron chi connectivity index (χ1n) is 10.1. The molecule has 2 atom stereocenters. The van der Waals surface area contributed by atoms with Gasteiger partial charge in [0.15, 0.2) is 5.82 Å². The molecule has 0 aliphatic carbocycles. The zero-order chi connectivity index (χ0) is 24.6. The minimum Gasteiger partial charge on any atom is -0.495 e. The summed E-state index contributed by atoms with van der Waals surface area (Å²) < 4.78 is 47.2. The zero-order valence-electron chi connectivity index (χ0n) is 17.9. The molecule has 0 fully saturated rings. The Kier molecular flexibility index (Phi) is 7.14. The van der Waals surface area contributed by atoms with Crippen LogP contribution in [0.4, 0.5) is 8.78 Å². The lowest BCUT2D eigenvalue weighted by molar-refractivity contribution is -0.147. The topological polar surface area (TPSA) is 75.5 Å². The summed E-state index contributed by atoms with van der Waals surface area (Å²) in [5.41, 5.74) is 1.28. The Bertz CT molecular complexity index is 1240. The van der Waals surface area contributed by atoms with Gasteiger partial charge in [-0.2, -0.15) is 8.78 Å². The molecular formula is C22H18BrCl2F2N3O4. The SMILES string of the molecule is CCOC(=O)C[C@H]1O[C@H](c2cccc(OC)c2Cl)c2cc(Br)ccc2-n2c1nnc2C(F)(F)Cl. The lowest BCUT2D eigenvalue weighted by Crippen LogP contribution is -2.18. The molecule has 0 radical (unpaired) electrons. The molecule has 0 spiro atoms. The minimum absolute atomic E-state index is 0.0199. The van der Waals surface area contributed by atoms with Gasteiger partial charge in [-0.1, -0.05) is 39.7 Å². The van der Waals surface area contributed by atoms with E-state index in [4.69, 9.17) is 37.4 Å². The average Bonchev–Trinajstić information content (AvgIpc) is 3.18. The Balaban J connectivity index is 1.98. The molecule has 0 unspecified atom stereocenters. The monoisotopic (exact) mass is 575 g/mol. The smallest absolute Gasteiger partial charge is 0.382 e. The number of ether oxygens (including phenoxy) is 3. The van der Waals surface area contributed by atoms with E-state index in [1.165, 1.54) is 7.11 Å². The second-order valence-corrected chi connectivity index (χ2v) is 9.06. The Hall–Kier alpha value is -2.27. The summed E-state index contributed by atoms with van der Waals surface area (Å²) in [6.07, 6.45) is -2.28. The number of esters is 1. The van der Waals surface area contributed by atoms with Gasteiger partial charge in [0.1, 0.15) is 18.0 Å². The number of fused-ring (bicyclic) bond motifs is 3. The summed E-state index contributed by atoms with van der Waals surface area (Å²) in [6, 6.07) is 10.1. The molecule has 34 heavy (non-hydrogen) atoms. The quantitative estimate of drug-likeness (QED) is 0.261. The van der Waals surface area contributed by atoms with Crippen LogP contribution < -0.4 is 4.74 Å². The minimum atomic E-state index is -3.84. The van der Waals surface area contributed by atoms with Crippen LogP contribution >= 0.6 is 39.1 Å². The van der Waals surface area contributed by atoms with Crippen LogP contribution in [0.1, 0.15) is 48.3 Å². The van der Waals surface area contributed by atoms with E-state index >= 15 is 0 Å². The van der Waals surface area contributed by atoms with Crippen molar-refractivity contribution in [1.82, 2.24) is 14.8 Å². The predicted molar refractivity (Wildman–Crippen MR) is 124 cm³/mol. The van der Waals surface area contributed by atoms with Crippen LogP contribution in [0.3, 0.4) is 0 Å². The molecule has 180 valence electrons. The molecule has 2 heterocycles. The predicted octanol–water partition coefficient (Wildman–Crippen LogP) is 6.09. The number of nitrogens with zero attached hydrogens (tertiary/aromatic N) is 3. The van der Waals surface area contributed by atoms with Crippen molar-refractivity contribution in [2.45, 2.75) is 30.9 Å². The van der Waals surface area contributed by atoms with Gasteiger partial charge in [0.25, 0.3) is 0 Å². The first-order chi connectivity index (χ1) is 16.2. The first kappa shape index (κ1) is 24.8. The third-order valence-electron chi connectivity index (χ3n) is 5.20. The molecular weight excluding hydrogens is 559 g/mol. The van der Waals surface area contributed by atoms with Crippen molar-refractivity contribution in [3.63, 3.8) is 0 Å². The van der Waals surface area contributed by atoms with Gasteiger partial charge >= 0.3 is 11.4 Å². The van der Waals surface area contributed by atoms with E-state index in [0.717, 1.165) is 4.57 Å². The Morgan fingerprint density at radius 3 is 2.71 bits per heavy atom. The number of aromatic nitrogens is 3. The number of hydrogen-bond donors (Lipinski definition) is 0. The summed E-state index contributed by atoms with van der Waals surface area (Å²) in [4.78, 5) is 12.4. The standard InChI is InChI=1S/C22H18BrCl2F2N3O4/c1-3-33-17(31)10-16-20-28-29-21(22(25,26)27)30(20)14-8-7-11(23)9-13(14)19(34-16)12-5-4-6-15(32-2)18(12)24/h4-9,16,19H,3,10H2,1-2H3/t16-,19-/m1/s1. The molecule has 1 aliphatic heterocycles. The molecule has 0 bridgehead atoms. The lowest BCUT2D eigenvalue weighted by Gasteiger charge is -2.24. The van der Waals surface area contributed by atoms with Crippen molar-refractivity contribution in [2.75, 3.05) is 13.7 Å². The third kappa shape index (κ3) is 4.64. The Morgan fingerprint density at radius 2 is 2.03 bits per heavy atom. The van der Waals surface area contributed by atoms with E-state index in [1.54, 1.807) is 43.3 Å². The highest BCUT2D eigenvalue weighted by molar-refractivity contribution is 9.10. The number of carbonyl (C=O) groups excluding carboxylic acids is 1. The van der Waals surface area contributed by atoms with Gasteiger partial charge in [-0.3, -0.25) is 9.36 Å². The molecule has 0 saturated carbocycles. The van der Waals surface area contributed by atoms with Gasteiger partial charge in [0, 0.05) is 15.6 Å². The van der Waals surface area contributed by atoms with Gasteiger partial charge in [0.2, 0.25) is 5.82 Å². The highest BCUT2D eigenvalue weighted by atomic mass is 79.9. The largest absolute Gasteiger partial charge is 0.495 e. The fraction of sp³-hybridized carbons (Fsp3) is 0.318. The van der Waals surface area contributed by atoms with Gasteiger partial charge in [-0.05, 0) is 42.8 Å². The molecule has 3 aromatic rings. The number of carbonyl (C=O) groups is 1. The van der Waals surface area contributed by atoms with Gasteiger partial charge in [-0.25, -0.2) is 0 Å². The van der Waals surface area contributed by atoms with Crippen molar-refractivity contribution in [3.8, 4) is 11.4 Å². The fourth-order valence-corrected chi connectivity index (χ4v) is 4.61. The van der Waals surface area contributed by atoms with Crippen LogP contribution in [0.5, 0.6) is 5.75 Å². The second-order valence-electron chi connectivity index (χ2n) is 7.30. The van der Waals surface area contributed by atoms with Crippen LogP contribution in [-0.4, -0.2) is 34.5 Å². The first-order valence-corrected chi connectivity index (χ1v) is 11.7. The molecule has 0 saturated heterocycles. The zero-order valence-corrected chi connectivity index (χ0v) is 21.0. The normalized spacial score (nSPS) is 17.5. The van der Waals surface area contributed by atoms with E-state index in [-0.39, 0.29) is 23.9 Å². The van der Waals surface area contributed by atoms with Crippen LogP contribution in [-0.2, 0) is 19.6 Å². The summed E-state index contributed by atoms with van der Waals surface area (Å²) in [6.45, 7) is 1.80. The number of alkyl halides is 3. The van der Waals surface area contributed by atoms with E-state index in [0.29, 0.717) is 27.0 Å². The molecule has 12 heteroatoms. The highest BCUT2D eigenvalue weighted by Crippen LogP contribution is 2.46. The fourth-order valence-electron chi connectivity index (χ4n) is 3.80. The number of rotatable bonds is 6. The highest BCUT2D eigenvalue weighted by Gasteiger charge is 2.42. The van der Waals surface area contributed by atoms with E-state index in [2.05, 4.69) is 26.1 Å². The van der Waals surface area contributed by atoms with Crippen LogP contribution in [0, 0.1) is 0 Å². The molecule has 7 nitrogen and oxygen atoms in total. The Labute approximate surface area is 212 Å². The van der Waals surface area contributed by atoms with Crippen molar-refractivity contribution < 1.29 is 27.8 Å². The lowest BCUT2D eigenvalue weighted by atomic mass is 9.99. The van der Waals surface area contributed by atoms with E-state index < -0.39 is 29.4 Å². The van der Waals surface area contributed by atoms with Gasteiger partial charge in [0.05, 0.1) is 30.8 Å². The maximum Gasteiger partial charge on any atom is 0.382 e. The van der Waals surface area contributed by atoms with Gasteiger partial charge < -0.3 is 14.2 Å². The summed E-state index contributed by atoms with van der Waals surface area (Å²) in [7, 11) is 1.48.